The van der Waals surface area contributed by atoms with Crippen LogP contribution in [0.15, 0.2) is 51.6 Å². The summed E-state index contributed by atoms with van der Waals surface area (Å²) in [4.78, 5) is 13.7. The highest BCUT2D eigenvalue weighted by atomic mass is 79.9. The summed E-state index contributed by atoms with van der Waals surface area (Å²) in [5.74, 6) is 1.30. The predicted octanol–water partition coefficient (Wildman–Crippen LogP) is 4.05. The van der Waals surface area contributed by atoms with Crippen LogP contribution in [0.1, 0.15) is 10.6 Å². The number of hydrogen-bond donors (Lipinski definition) is 1. The molecule has 30 heavy (non-hydrogen) atoms. The Kier molecular flexibility index (Phi) is 5.32. The molecule has 0 bridgehead atoms. The number of carbonyl (C=O) groups excluding carboxylic acids is 1. The van der Waals surface area contributed by atoms with Crippen molar-refractivity contribution in [2.24, 2.45) is 0 Å². The van der Waals surface area contributed by atoms with Crippen molar-refractivity contribution >= 4 is 38.6 Å². The fourth-order valence-corrected chi connectivity index (χ4v) is 3.23. The predicted molar refractivity (Wildman–Crippen MR) is 113 cm³/mol. The van der Waals surface area contributed by atoms with E-state index >= 15 is 0 Å². The van der Waals surface area contributed by atoms with Crippen molar-refractivity contribution in [3.05, 3.63) is 52.9 Å². The van der Waals surface area contributed by atoms with Crippen molar-refractivity contribution in [1.29, 1.82) is 0 Å². The first-order chi connectivity index (χ1) is 14.5. The molecule has 0 aliphatic heterocycles. The van der Waals surface area contributed by atoms with E-state index in [4.69, 9.17) is 18.6 Å². The second-order valence-electron chi connectivity index (χ2n) is 6.13. The Labute approximate surface area is 179 Å². The fraction of sp³-hybridized carbons (Fsp3) is 0.150. The van der Waals surface area contributed by atoms with Crippen LogP contribution in [0, 0.1) is 0 Å². The molecule has 0 spiro atoms. The number of rotatable bonds is 6. The number of benzene rings is 2. The molecule has 2 heterocycles. The molecule has 2 aromatic heterocycles. The van der Waals surface area contributed by atoms with Crippen molar-refractivity contribution in [2.75, 3.05) is 26.6 Å². The molecular weight excluding hydrogens is 456 g/mol. The van der Waals surface area contributed by atoms with Crippen LogP contribution in [0.4, 0.5) is 5.69 Å². The van der Waals surface area contributed by atoms with Crippen LogP contribution in [0.25, 0.3) is 16.7 Å². The van der Waals surface area contributed by atoms with Crippen molar-refractivity contribution in [1.82, 2.24) is 15.0 Å². The summed E-state index contributed by atoms with van der Waals surface area (Å²) in [5.41, 5.74) is 2.45. The molecule has 0 unspecified atom stereocenters. The van der Waals surface area contributed by atoms with Gasteiger partial charge in [-0.25, -0.2) is 0 Å². The number of hydrogen-bond acceptors (Lipinski definition) is 7. The quantitative estimate of drug-likeness (QED) is 0.451. The van der Waals surface area contributed by atoms with E-state index in [0.29, 0.717) is 44.3 Å². The highest BCUT2D eigenvalue weighted by Crippen LogP contribution is 2.39. The standard InChI is InChI=1S/C20H17BrN4O5/c1-27-16-9-12(10-17(28-2)19(16)29-3)25-23-13-5-4-11(8-14(13)24-25)22-20(26)15-6-7-18(21)30-15/h4-10H,1-3H3,(H,22,26). The van der Waals surface area contributed by atoms with Gasteiger partial charge in [0.2, 0.25) is 5.75 Å². The van der Waals surface area contributed by atoms with Gasteiger partial charge in [-0.1, -0.05) is 0 Å². The third kappa shape index (κ3) is 3.69. The third-order valence-corrected chi connectivity index (χ3v) is 4.74. The van der Waals surface area contributed by atoms with Crippen LogP contribution < -0.4 is 19.5 Å². The van der Waals surface area contributed by atoms with Gasteiger partial charge in [-0.3, -0.25) is 4.79 Å². The number of halogens is 1. The van der Waals surface area contributed by atoms with Gasteiger partial charge in [0.15, 0.2) is 21.9 Å². The lowest BCUT2D eigenvalue weighted by molar-refractivity contribution is 0.0995. The summed E-state index contributed by atoms with van der Waals surface area (Å²) in [6, 6.07) is 12.0. The van der Waals surface area contributed by atoms with Gasteiger partial charge >= 0.3 is 0 Å². The summed E-state index contributed by atoms with van der Waals surface area (Å²) >= 11 is 3.18. The largest absolute Gasteiger partial charge is 0.493 e. The Morgan fingerprint density at radius 3 is 2.27 bits per heavy atom. The van der Waals surface area contributed by atoms with Crippen molar-refractivity contribution in [3.63, 3.8) is 0 Å². The molecule has 0 saturated heterocycles. The van der Waals surface area contributed by atoms with Crippen molar-refractivity contribution in [2.45, 2.75) is 0 Å². The van der Waals surface area contributed by atoms with E-state index in [9.17, 15) is 4.79 Å². The summed E-state index contributed by atoms with van der Waals surface area (Å²) in [7, 11) is 4.62. The summed E-state index contributed by atoms with van der Waals surface area (Å²) < 4.78 is 21.9. The molecule has 0 radical (unpaired) electrons. The lowest BCUT2D eigenvalue weighted by Crippen LogP contribution is -2.10. The van der Waals surface area contributed by atoms with Gasteiger partial charge in [-0.2, -0.15) is 4.80 Å². The minimum atomic E-state index is -0.364. The average Bonchev–Trinajstić information content (AvgIpc) is 3.38. The molecule has 0 fully saturated rings. The van der Waals surface area contributed by atoms with Crippen molar-refractivity contribution in [3.8, 4) is 22.9 Å². The van der Waals surface area contributed by atoms with Crippen molar-refractivity contribution < 1.29 is 23.4 Å². The maximum Gasteiger partial charge on any atom is 0.291 e. The number of carbonyl (C=O) groups is 1. The SMILES string of the molecule is COc1cc(-n2nc3ccc(NC(=O)c4ccc(Br)o4)cc3n2)cc(OC)c1OC. The Morgan fingerprint density at radius 2 is 1.67 bits per heavy atom. The number of aromatic nitrogens is 3. The normalized spacial score (nSPS) is 10.8. The topological polar surface area (TPSA) is 101 Å². The molecule has 1 amide bonds. The molecule has 4 aromatic rings. The zero-order valence-corrected chi connectivity index (χ0v) is 17.9. The molecule has 2 aromatic carbocycles. The molecule has 1 N–H and O–H groups in total. The van der Waals surface area contributed by atoms with Gasteiger partial charge in [0.05, 0.1) is 27.0 Å². The number of fused-ring (bicyclic) bond motifs is 1. The summed E-state index contributed by atoms with van der Waals surface area (Å²) in [5, 5.41) is 11.8. The fourth-order valence-electron chi connectivity index (χ4n) is 2.92. The molecule has 0 saturated carbocycles. The van der Waals surface area contributed by atoms with Crippen LogP contribution in [0.2, 0.25) is 0 Å². The van der Waals surface area contributed by atoms with E-state index < -0.39 is 0 Å². The lowest BCUT2D eigenvalue weighted by atomic mass is 10.2. The highest BCUT2D eigenvalue weighted by Gasteiger charge is 2.16. The van der Waals surface area contributed by atoms with E-state index in [1.807, 2.05) is 0 Å². The van der Waals surface area contributed by atoms with Crippen LogP contribution in [0.5, 0.6) is 17.2 Å². The van der Waals surface area contributed by atoms with E-state index in [1.54, 1.807) is 56.7 Å². The molecule has 0 aliphatic carbocycles. The van der Waals surface area contributed by atoms with Gasteiger partial charge in [0, 0.05) is 17.8 Å². The average molecular weight is 473 g/mol. The number of furan rings is 1. The minimum absolute atomic E-state index is 0.197. The number of methoxy groups -OCH3 is 3. The van der Waals surface area contributed by atoms with Gasteiger partial charge in [-0.05, 0) is 46.3 Å². The van der Waals surface area contributed by atoms with E-state index in [2.05, 4.69) is 31.4 Å². The number of nitrogens with one attached hydrogen (secondary N) is 1. The zero-order chi connectivity index (χ0) is 21.3. The third-order valence-electron chi connectivity index (χ3n) is 4.32. The number of amides is 1. The number of nitrogens with zero attached hydrogens (tertiary/aromatic N) is 3. The minimum Gasteiger partial charge on any atom is -0.493 e. The van der Waals surface area contributed by atoms with E-state index in [1.165, 1.54) is 11.9 Å². The second-order valence-corrected chi connectivity index (χ2v) is 6.92. The Morgan fingerprint density at radius 1 is 0.967 bits per heavy atom. The molecule has 4 rings (SSSR count). The molecular formula is C20H17BrN4O5. The smallest absolute Gasteiger partial charge is 0.291 e. The summed E-state index contributed by atoms with van der Waals surface area (Å²) in [6.07, 6.45) is 0. The van der Waals surface area contributed by atoms with Crippen LogP contribution >= 0.6 is 15.9 Å². The second kappa shape index (κ2) is 8.07. The Hall–Kier alpha value is -3.53. The maximum absolute atomic E-state index is 12.3. The molecule has 0 aliphatic rings. The Balaban J connectivity index is 1.66. The first-order valence-electron chi connectivity index (χ1n) is 8.76. The lowest BCUT2D eigenvalue weighted by Gasteiger charge is -2.13. The molecule has 0 atom stereocenters. The first-order valence-corrected chi connectivity index (χ1v) is 9.56. The van der Waals surface area contributed by atoms with Gasteiger partial charge in [0.25, 0.3) is 5.91 Å². The summed E-state index contributed by atoms with van der Waals surface area (Å²) in [6.45, 7) is 0. The number of ether oxygens (including phenoxy) is 3. The monoisotopic (exact) mass is 472 g/mol. The van der Waals surface area contributed by atoms with E-state index in [0.717, 1.165) is 0 Å². The highest BCUT2D eigenvalue weighted by molar-refractivity contribution is 9.10. The zero-order valence-electron chi connectivity index (χ0n) is 16.3. The van der Waals surface area contributed by atoms with Crippen LogP contribution in [-0.4, -0.2) is 42.2 Å². The van der Waals surface area contributed by atoms with Gasteiger partial charge < -0.3 is 23.9 Å². The Bertz CT molecular complexity index is 1210. The van der Waals surface area contributed by atoms with Crippen LogP contribution in [0.3, 0.4) is 0 Å². The molecule has 9 nitrogen and oxygen atoms in total. The van der Waals surface area contributed by atoms with Gasteiger partial charge in [0.1, 0.15) is 11.0 Å². The first kappa shape index (κ1) is 19.8. The molecule has 154 valence electrons. The number of anilines is 1. The van der Waals surface area contributed by atoms with Crippen LogP contribution in [-0.2, 0) is 0 Å². The maximum atomic E-state index is 12.3. The van der Waals surface area contributed by atoms with Gasteiger partial charge in [-0.15, -0.1) is 10.2 Å². The van der Waals surface area contributed by atoms with E-state index in [-0.39, 0.29) is 11.7 Å². The molecule has 10 heteroatoms.